The molecule has 2 heterocycles. The maximum absolute atomic E-state index is 12.7. The summed E-state index contributed by atoms with van der Waals surface area (Å²) in [5.41, 5.74) is 0.731. The minimum Gasteiger partial charge on any atom is -0.399 e. The molecule has 0 bridgehead atoms. The molecule has 0 radical (unpaired) electrons. The summed E-state index contributed by atoms with van der Waals surface area (Å²) in [6.07, 6.45) is 1.31. The molecule has 1 aliphatic rings. The zero-order valence-corrected chi connectivity index (χ0v) is 18.7. The van der Waals surface area contributed by atoms with E-state index in [2.05, 4.69) is 10.6 Å². The van der Waals surface area contributed by atoms with Gasteiger partial charge in [0.25, 0.3) is 5.91 Å². The minimum absolute atomic E-state index is 0.0151. The van der Waals surface area contributed by atoms with E-state index in [4.69, 9.17) is 16.3 Å². The third-order valence-electron chi connectivity index (χ3n) is 4.83. The molecular formula is C21H24ClN3O4S. The Bertz CT molecular complexity index is 967. The first-order valence-electron chi connectivity index (χ1n) is 9.62. The quantitative estimate of drug-likeness (QED) is 0.705. The van der Waals surface area contributed by atoms with Crippen LogP contribution in [0.15, 0.2) is 30.3 Å². The Kier molecular flexibility index (Phi) is 6.67. The van der Waals surface area contributed by atoms with Gasteiger partial charge in [0.1, 0.15) is 5.54 Å². The number of rotatable bonds is 5. The molecular weight excluding hydrogens is 426 g/mol. The number of carbonyl (C=O) groups excluding carboxylic acids is 3. The summed E-state index contributed by atoms with van der Waals surface area (Å²) in [6.45, 7) is 6.55. The SMILES string of the molecule is Cc1cc(NC(=O)C(C)(C)NC(=O)Oc2ccc(Cl)s2)ccc1C(=O)N1CCCC1. The molecule has 1 aromatic heterocycles. The van der Waals surface area contributed by atoms with Crippen molar-refractivity contribution in [2.75, 3.05) is 18.4 Å². The second-order valence-corrected chi connectivity index (χ2v) is 9.36. The van der Waals surface area contributed by atoms with Gasteiger partial charge in [-0.25, -0.2) is 4.79 Å². The van der Waals surface area contributed by atoms with Crippen LogP contribution in [0.1, 0.15) is 42.6 Å². The fourth-order valence-corrected chi connectivity index (χ4v) is 4.01. The first-order chi connectivity index (χ1) is 14.2. The highest BCUT2D eigenvalue weighted by molar-refractivity contribution is 7.17. The zero-order valence-electron chi connectivity index (χ0n) is 17.1. The van der Waals surface area contributed by atoms with E-state index in [-0.39, 0.29) is 5.91 Å². The van der Waals surface area contributed by atoms with Gasteiger partial charge in [-0.2, -0.15) is 0 Å². The third-order valence-corrected chi connectivity index (χ3v) is 5.94. The molecule has 1 aromatic carbocycles. The molecule has 0 unspecified atom stereocenters. The van der Waals surface area contributed by atoms with Crippen LogP contribution in [0.3, 0.4) is 0 Å². The minimum atomic E-state index is -1.23. The van der Waals surface area contributed by atoms with Gasteiger partial charge < -0.3 is 20.3 Å². The van der Waals surface area contributed by atoms with E-state index in [1.165, 1.54) is 0 Å². The molecule has 0 atom stereocenters. The molecule has 1 saturated heterocycles. The van der Waals surface area contributed by atoms with Crippen LogP contribution < -0.4 is 15.4 Å². The van der Waals surface area contributed by atoms with Gasteiger partial charge in [-0.15, -0.1) is 0 Å². The second-order valence-electron chi connectivity index (χ2n) is 7.68. The lowest BCUT2D eigenvalue weighted by molar-refractivity contribution is -0.121. The number of carbonyl (C=O) groups is 3. The van der Waals surface area contributed by atoms with Crippen LogP contribution in [0.5, 0.6) is 5.06 Å². The van der Waals surface area contributed by atoms with E-state index < -0.39 is 17.5 Å². The third kappa shape index (κ3) is 5.31. The van der Waals surface area contributed by atoms with Crippen LogP contribution in [-0.2, 0) is 4.79 Å². The average molecular weight is 450 g/mol. The van der Waals surface area contributed by atoms with Crippen molar-refractivity contribution in [1.29, 1.82) is 0 Å². The van der Waals surface area contributed by atoms with Crippen molar-refractivity contribution < 1.29 is 19.1 Å². The molecule has 0 saturated carbocycles. The molecule has 7 nitrogen and oxygen atoms in total. The number of ether oxygens (including phenoxy) is 1. The van der Waals surface area contributed by atoms with Gasteiger partial charge >= 0.3 is 6.09 Å². The number of aryl methyl sites for hydroxylation is 1. The molecule has 1 aliphatic heterocycles. The molecule has 0 aliphatic carbocycles. The van der Waals surface area contributed by atoms with Crippen molar-refractivity contribution >= 4 is 46.5 Å². The first-order valence-corrected chi connectivity index (χ1v) is 10.8. The lowest BCUT2D eigenvalue weighted by Crippen LogP contribution is -2.53. The molecule has 9 heteroatoms. The Morgan fingerprint density at radius 2 is 1.83 bits per heavy atom. The predicted octanol–water partition coefficient (Wildman–Crippen LogP) is 4.45. The van der Waals surface area contributed by atoms with Crippen LogP contribution in [0.2, 0.25) is 4.34 Å². The predicted molar refractivity (Wildman–Crippen MR) is 118 cm³/mol. The number of thiophene rings is 1. The average Bonchev–Trinajstić information content (AvgIpc) is 3.32. The van der Waals surface area contributed by atoms with E-state index >= 15 is 0 Å². The van der Waals surface area contributed by atoms with Crippen LogP contribution in [-0.4, -0.2) is 41.4 Å². The zero-order chi connectivity index (χ0) is 21.9. The Morgan fingerprint density at radius 3 is 2.43 bits per heavy atom. The molecule has 2 N–H and O–H groups in total. The van der Waals surface area contributed by atoms with Gasteiger partial charge in [0.15, 0.2) is 5.06 Å². The van der Waals surface area contributed by atoms with E-state index in [0.29, 0.717) is 20.7 Å². The maximum atomic E-state index is 12.7. The number of likely N-dealkylation sites (tertiary alicyclic amines) is 1. The number of nitrogens with one attached hydrogen (secondary N) is 2. The molecule has 160 valence electrons. The maximum Gasteiger partial charge on any atom is 0.414 e. The summed E-state index contributed by atoms with van der Waals surface area (Å²) in [6, 6.07) is 8.36. The number of nitrogens with zero attached hydrogens (tertiary/aromatic N) is 1. The van der Waals surface area contributed by atoms with Crippen molar-refractivity contribution in [3.05, 3.63) is 45.8 Å². The lowest BCUT2D eigenvalue weighted by Gasteiger charge is -2.24. The lowest BCUT2D eigenvalue weighted by atomic mass is 10.0. The van der Waals surface area contributed by atoms with Gasteiger partial charge in [-0.1, -0.05) is 22.9 Å². The van der Waals surface area contributed by atoms with Crippen LogP contribution in [0.4, 0.5) is 10.5 Å². The van der Waals surface area contributed by atoms with Gasteiger partial charge in [0, 0.05) is 24.3 Å². The van der Waals surface area contributed by atoms with Crippen molar-refractivity contribution in [3.8, 4) is 5.06 Å². The Labute approximate surface area is 184 Å². The van der Waals surface area contributed by atoms with Gasteiger partial charge in [-0.05, 0) is 69.5 Å². The Balaban J connectivity index is 1.61. The number of hydrogen-bond acceptors (Lipinski definition) is 5. The highest BCUT2D eigenvalue weighted by Gasteiger charge is 2.31. The fourth-order valence-electron chi connectivity index (χ4n) is 3.14. The summed E-state index contributed by atoms with van der Waals surface area (Å²) >= 11 is 6.93. The molecule has 3 amide bonds. The number of amides is 3. The van der Waals surface area contributed by atoms with Gasteiger partial charge in [-0.3, -0.25) is 9.59 Å². The molecule has 1 fully saturated rings. The van der Waals surface area contributed by atoms with Crippen LogP contribution in [0, 0.1) is 6.92 Å². The highest BCUT2D eigenvalue weighted by Crippen LogP contribution is 2.28. The monoisotopic (exact) mass is 449 g/mol. The summed E-state index contributed by atoms with van der Waals surface area (Å²) < 4.78 is 5.64. The van der Waals surface area contributed by atoms with E-state index in [1.807, 2.05) is 11.8 Å². The summed E-state index contributed by atoms with van der Waals surface area (Å²) in [5, 5.41) is 5.66. The Hall–Kier alpha value is -2.58. The van der Waals surface area contributed by atoms with Crippen molar-refractivity contribution in [2.24, 2.45) is 0 Å². The first kappa shape index (κ1) is 22.1. The second kappa shape index (κ2) is 9.06. The normalized spacial score (nSPS) is 13.8. The van der Waals surface area contributed by atoms with Crippen molar-refractivity contribution in [3.63, 3.8) is 0 Å². The fraction of sp³-hybridized carbons (Fsp3) is 0.381. The molecule has 0 spiro atoms. The number of anilines is 1. The molecule has 3 rings (SSSR count). The number of benzene rings is 1. The summed E-state index contributed by atoms with van der Waals surface area (Å²) in [4.78, 5) is 39.2. The topological polar surface area (TPSA) is 87.7 Å². The Morgan fingerprint density at radius 1 is 1.13 bits per heavy atom. The number of hydrogen-bond donors (Lipinski definition) is 2. The standard InChI is InChI=1S/C21H24ClN3O4S/c1-13-12-14(6-7-15(13)18(26)25-10-4-5-11-25)23-19(27)21(2,3)24-20(28)29-17-9-8-16(22)30-17/h6-9,12H,4-5,10-11H2,1-3H3,(H,23,27)(H,24,28). The van der Waals surface area contributed by atoms with E-state index in [0.717, 1.165) is 42.8 Å². The van der Waals surface area contributed by atoms with Gasteiger partial charge in [0.05, 0.1) is 4.34 Å². The van der Waals surface area contributed by atoms with Crippen LogP contribution >= 0.6 is 22.9 Å². The van der Waals surface area contributed by atoms with Gasteiger partial charge in [0.2, 0.25) is 5.91 Å². The van der Waals surface area contributed by atoms with Crippen LogP contribution in [0.25, 0.3) is 0 Å². The largest absolute Gasteiger partial charge is 0.414 e. The summed E-state index contributed by atoms with van der Waals surface area (Å²) in [7, 11) is 0. The van der Waals surface area contributed by atoms with E-state index in [1.54, 1.807) is 44.2 Å². The molecule has 30 heavy (non-hydrogen) atoms. The van der Waals surface area contributed by atoms with Crippen molar-refractivity contribution in [1.82, 2.24) is 10.2 Å². The smallest absolute Gasteiger partial charge is 0.399 e. The highest BCUT2D eigenvalue weighted by atomic mass is 35.5. The van der Waals surface area contributed by atoms with E-state index in [9.17, 15) is 14.4 Å². The molecule has 2 aromatic rings. The van der Waals surface area contributed by atoms with Crippen molar-refractivity contribution in [2.45, 2.75) is 39.2 Å². The summed E-state index contributed by atoms with van der Waals surface area (Å²) in [5.74, 6) is -0.400. The number of halogens is 1.